The van der Waals surface area contributed by atoms with E-state index in [1.165, 1.54) is 0 Å². The second kappa shape index (κ2) is 7.14. The second-order valence-corrected chi connectivity index (χ2v) is 6.43. The Labute approximate surface area is 146 Å². The Balaban J connectivity index is 1.42. The first-order valence-corrected chi connectivity index (χ1v) is 8.66. The number of nitrogens with one attached hydrogen (secondary N) is 1. The van der Waals surface area contributed by atoms with Crippen molar-refractivity contribution in [3.8, 4) is 0 Å². The highest BCUT2D eigenvalue weighted by atomic mass is 16.5. The third-order valence-corrected chi connectivity index (χ3v) is 4.98. The molecule has 4 rings (SSSR count). The van der Waals surface area contributed by atoms with Gasteiger partial charge in [-0.1, -0.05) is 0 Å². The highest BCUT2D eigenvalue weighted by Gasteiger charge is 2.44. The molecule has 1 saturated heterocycles. The van der Waals surface area contributed by atoms with E-state index in [-0.39, 0.29) is 18.1 Å². The zero-order chi connectivity index (χ0) is 17.1. The predicted octanol–water partition coefficient (Wildman–Crippen LogP) is 1.60. The summed E-state index contributed by atoms with van der Waals surface area (Å²) in [6.45, 7) is 1.96. The van der Waals surface area contributed by atoms with E-state index >= 15 is 0 Å². The molecule has 1 N–H and O–H groups in total. The van der Waals surface area contributed by atoms with Crippen LogP contribution in [0.4, 0.5) is 5.95 Å². The number of nitrogens with zero attached hydrogens (tertiary/aromatic N) is 4. The van der Waals surface area contributed by atoms with Crippen molar-refractivity contribution in [2.75, 3.05) is 25.0 Å². The Morgan fingerprint density at radius 3 is 2.92 bits per heavy atom. The molecule has 0 bridgehead atoms. The number of rotatable bonds is 4. The molecule has 0 aromatic carbocycles. The Bertz CT molecular complexity index is 712. The van der Waals surface area contributed by atoms with Gasteiger partial charge in [0.1, 0.15) is 0 Å². The molecule has 2 aliphatic rings. The zero-order valence-corrected chi connectivity index (χ0v) is 13.9. The fourth-order valence-electron chi connectivity index (χ4n) is 3.80. The summed E-state index contributed by atoms with van der Waals surface area (Å²) in [7, 11) is 0. The number of carbonyl (C=O) groups is 1. The maximum atomic E-state index is 12.8. The molecule has 2 aromatic heterocycles. The van der Waals surface area contributed by atoms with E-state index < -0.39 is 0 Å². The average Bonchev–Trinajstić information content (AvgIpc) is 3.10. The minimum Gasteiger partial charge on any atom is -0.374 e. The third kappa shape index (κ3) is 3.32. The van der Waals surface area contributed by atoms with Gasteiger partial charge < -0.3 is 15.0 Å². The molecule has 3 atom stereocenters. The predicted molar refractivity (Wildman–Crippen MR) is 92.0 cm³/mol. The van der Waals surface area contributed by atoms with Crippen molar-refractivity contribution >= 4 is 11.9 Å². The maximum absolute atomic E-state index is 12.8. The summed E-state index contributed by atoms with van der Waals surface area (Å²) in [5.41, 5.74) is 0.641. The Hall–Kier alpha value is -2.54. The lowest BCUT2D eigenvalue weighted by atomic mass is 10.0. The SMILES string of the molecule is O=C(c1cccnc1)N1CCOC2C(CNc3ncccn3)CCC21. The summed E-state index contributed by atoms with van der Waals surface area (Å²) >= 11 is 0. The van der Waals surface area contributed by atoms with Crippen molar-refractivity contribution in [3.63, 3.8) is 0 Å². The molecule has 1 saturated carbocycles. The van der Waals surface area contributed by atoms with Gasteiger partial charge in [-0.15, -0.1) is 0 Å². The maximum Gasteiger partial charge on any atom is 0.255 e. The van der Waals surface area contributed by atoms with Crippen LogP contribution in [-0.2, 0) is 4.74 Å². The number of carbonyl (C=O) groups excluding carboxylic acids is 1. The number of anilines is 1. The third-order valence-electron chi connectivity index (χ3n) is 4.98. The van der Waals surface area contributed by atoms with Crippen LogP contribution in [0, 0.1) is 5.92 Å². The first-order chi connectivity index (χ1) is 12.3. The van der Waals surface area contributed by atoms with E-state index in [0.717, 1.165) is 19.4 Å². The molecule has 1 aliphatic carbocycles. The van der Waals surface area contributed by atoms with Crippen LogP contribution in [-0.4, -0.2) is 57.6 Å². The minimum absolute atomic E-state index is 0.0476. The smallest absolute Gasteiger partial charge is 0.255 e. The summed E-state index contributed by atoms with van der Waals surface area (Å²) in [6, 6.07) is 5.54. The number of hydrogen-bond donors (Lipinski definition) is 1. The molecular formula is C18H21N5O2. The molecule has 2 aromatic rings. The number of fused-ring (bicyclic) bond motifs is 1. The van der Waals surface area contributed by atoms with Crippen LogP contribution in [0.5, 0.6) is 0 Å². The molecule has 7 heteroatoms. The Morgan fingerprint density at radius 2 is 2.12 bits per heavy atom. The summed E-state index contributed by atoms with van der Waals surface area (Å²) < 4.78 is 6.03. The molecular weight excluding hydrogens is 318 g/mol. The highest BCUT2D eigenvalue weighted by molar-refractivity contribution is 5.94. The standard InChI is InChI=1S/C18H21N5O2/c24-17(14-3-1-6-19-11-14)23-9-10-25-16-13(4-5-15(16)23)12-22-18-20-7-2-8-21-18/h1-3,6-8,11,13,15-16H,4-5,9-10,12H2,(H,20,21,22). The lowest BCUT2D eigenvalue weighted by molar-refractivity contribution is -0.0602. The number of morpholine rings is 1. The van der Waals surface area contributed by atoms with Crippen LogP contribution in [0.25, 0.3) is 0 Å². The monoisotopic (exact) mass is 339 g/mol. The van der Waals surface area contributed by atoms with Gasteiger partial charge in [0.05, 0.1) is 24.3 Å². The van der Waals surface area contributed by atoms with Crippen molar-refractivity contribution in [1.82, 2.24) is 19.9 Å². The Morgan fingerprint density at radius 1 is 1.24 bits per heavy atom. The van der Waals surface area contributed by atoms with E-state index in [2.05, 4.69) is 20.3 Å². The van der Waals surface area contributed by atoms with Crippen molar-refractivity contribution in [3.05, 3.63) is 48.5 Å². The van der Waals surface area contributed by atoms with E-state index in [4.69, 9.17) is 4.74 Å². The highest BCUT2D eigenvalue weighted by Crippen LogP contribution is 2.35. The first kappa shape index (κ1) is 16.0. The molecule has 1 aliphatic heterocycles. The van der Waals surface area contributed by atoms with Crippen molar-refractivity contribution in [2.45, 2.75) is 25.0 Å². The minimum atomic E-state index is 0.0476. The quantitative estimate of drug-likeness (QED) is 0.911. The second-order valence-electron chi connectivity index (χ2n) is 6.43. The van der Waals surface area contributed by atoms with Gasteiger partial charge in [-0.2, -0.15) is 0 Å². The molecule has 3 unspecified atom stereocenters. The first-order valence-electron chi connectivity index (χ1n) is 8.66. The molecule has 7 nitrogen and oxygen atoms in total. The Kier molecular flexibility index (Phi) is 4.56. The van der Waals surface area contributed by atoms with Gasteiger partial charge in [-0.3, -0.25) is 9.78 Å². The number of amides is 1. The molecule has 0 radical (unpaired) electrons. The van der Waals surface area contributed by atoms with Gasteiger partial charge in [-0.25, -0.2) is 9.97 Å². The fraction of sp³-hybridized carbons (Fsp3) is 0.444. The lowest BCUT2D eigenvalue weighted by Crippen LogP contribution is -2.53. The number of ether oxygens (including phenoxy) is 1. The van der Waals surface area contributed by atoms with E-state index in [1.54, 1.807) is 36.9 Å². The van der Waals surface area contributed by atoms with Gasteiger partial charge in [0.25, 0.3) is 5.91 Å². The van der Waals surface area contributed by atoms with Crippen LogP contribution in [0.1, 0.15) is 23.2 Å². The van der Waals surface area contributed by atoms with Crippen LogP contribution in [0.3, 0.4) is 0 Å². The molecule has 3 heterocycles. The van der Waals surface area contributed by atoms with Crippen molar-refractivity contribution < 1.29 is 9.53 Å². The number of aromatic nitrogens is 3. The molecule has 25 heavy (non-hydrogen) atoms. The summed E-state index contributed by atoms with van der Waals surface area (Å²) in [5.74, 6) is 1.02. The van der Waals surface area contributed by atoms with Crippen molar-refractivity contribution in [1.29, 1.82) is 0 Å². The van der Waals surface area contributed by atoms with E-state index in [1.807, 2.05) is 11.0 Å². The van der Waals surface area contributed by atoms with Gasteiger partial charge in [0.15, 0.2) is 0 Å². The molecule has 130 valence electrons. The molecule has 1 amide bonds. The molecule has 0 spiro atoms. The fourth-order valence-corrected chi connectivity index (χ4v) is 3.80. The average molecular weight is 339 g/mol. The van der Waals surface area contributed by atoms with Crippen LogP contribution in [0.15, 0.2) is 43.0 Å². The van der Waals surface area contributed by atoms with E-state index in [9.17, 15) is 4.79 Å². The molecule has 2 fully saturated rings. The van der Waals surface area contributed by atoms with Crippen LogP contribution < -0.4 is 5.32 Å². The number of pyridine rings is 1. The topological polar surface area (TPSA) is 80.2 Å². The lowest BCUT2D eigenvalue weighted by Gasteiger charge is -2.39. The summed E-state index contributed by atoms with van der Waals surface area (Å²) in [6.07, 6.45) is 8.79. The summed E-state index contributed by atoms with van der Waals surface area (Å²) in [5, 5.41) is 3.28. The van der Waals surface area contributed by atoms with Crippen LogP contribution >= 0.6 is 0 Å². The van der Waals surface area contributed by atoms with E-state index in [0.29, 0.717) is 30.6 Å². The van der Waals surface area contributed by atoms with Gasteiger partial charge in [-0.05, 0) is 31.0 Å². The van der Waals surface area contributed by atoms with Gasteiger partial charge >= 0.3 is 0 Å². The van der Waals surface area contributed by atoms with Crippen molar-refractivity contribution in [2.24, 2.45) is 5.92 Å². The van der Waals surface area contributed by atoms with Crippen LogP contribution in [0.2, 0.25) is 0 Å². The normalized spacial score (nSPS) is 25.4. The van der Waals surface area contributed by atoms with Gasteiger partial charge in [0, 0.05) is 43.8 Å². The van der Waals surface area contributed by atoms with Gasteiger partial charge in [0.2, 0.25) is 5.95 Å². The summed E-state index contributed by atoms with van der Waals surface area (Å²) in [4.78, 5) is 27.2. The zero-order valence-electron chi connectivity index (χ0n) is 13.9. The largest absolute Gasteiger partial charge is 0.374 e. The number of hydrogen-bond acceptors (Lipinski definition) is 6.